The summed E-state index contributed by atoms with van der Waals surface area (Å²) in [7, 11) is 1.73. The van der Waals surface area contributed by atoms with E-state index in [1.54, 1.807) is 23.9 Å². The van der Waals surface area contributed by atoms with Crippen LogP contribution < -0.4 is 10.9 Å². The second-order valence-electron chi connectivity index (χ2n) is 5.91. The van der Waals surface area contributed by atoms with Crippen molar-refractivity contribution in [2.24, 2.45) is 7.05 Å². The summed E-state index contributed by atoms with van der Waals surface area (Å²) in [5.74, 6) is 0.112. The van der Waals surface area contributed by atoms with Gasteiger partial charge in [-0.05, 0) is 48.7 Å². The van der Waals surface area contributed by atoms with Crippen LogP contribution in [0.15, 0.2) is 47.4 Å². The van der Waals surface area contributed by atoms with E-state index in [4.69, 9.17) is 0 Å². The normalized spacial score (nSPS) is 14.0. The van der Waals surface area contributed by atoms with E-state index in [0.717, 1.165) is 42.7 Å². The highest BCUT2D eigenvalue weighted by Gasteiger charge is 2.18. The number of carbonyl (C=O) groups is 1. The number of hydrogen-bond acceptors (Lipinski definition) is 3. The van der Waals surface area contributed by atoms with Gasteiger partial charge in [0.15, 0.2) is 0 Å². The number of amides is 1. The van der Waals surface area contributed by atoms with E-state index in [0.29, 0.717) is 6.54 Å². The van der Waals surface area contributed by atoms with Crippen LogP contribution in [0.2, 0.25) is 0 Å². The highest BCUT2D eigenvalue weighted by molar-refractivity contribution is 5.94. The summed E-state index contributed by atoms with van der Waals surface area (Å²) in [6.07, 6.45) is 3.96. The lowest BCUT2D eigenvalue weighted by atomic mass is 10.1. The first-order valence-corrected chi connectivity index (χ1v) is 7.92. The Hall–Kier alpha value is -2.56. The topological polar surface area (TPSA) is 54.3 Å². The van der Waals surface area contributed by atoms with Crippen LogP contribution >= 0.6 is 0 Å². The van der Waals surface area contributed by atoms with Crippen LogP contribution in [-0.2, 0) is 13.6 Å². The summed E-state index contributed by atoms with van der Waals surface area (Å²) >= 11 is 0. The van der Waals surface area contributed by atoms with Crippen LogP contribution in [0, 0.1) is 0 Å². The number of hydrogen-bond donors (Lipinski definition) is 1. The van der Waals surface area contributed by atoms with E-state index >= 15 is 0 Å². The Bertz CT molecular complexity index is 744. The Morgan fingerprint density at radius 2 is 1.83 bits per heavy atom. The van der Waals surface area contributed by atoms with Gasteiger partial charge in [0.05, 0.1) is 0 Å². The van der Waals surface area contributed by atoms with Crippen molar-refractivity contribution in [3.05, 3.63) is 64.1 Å². The first-order chi connectivity index (χ1) is 11.1. The molecule has 0 unspecified atom stereocenters. The van der Waals surface area contributed by atoms with Crippen LogP contribution in [0.1, 0.15) is 28.8 Å². The van der Waals surface area contributed by atoms with E-state index < -0.39 is 0 Å². The maximum Gasteiger partial charge on any atom is 0.253 e. The lowest BCUT2D eigenvalue weighted by Crippen LogP contribution is -2.27. The van der Waals surface area contributed by atoms with E-state index in [1.165, 1.54) is 0 Å². The van der Waals surface area contributed by atoms with Crippen LogP contribution in [0.3, 0.4) is 0 Å². The molecule has 1 aliphatic rings. The van der Waals surface area contributed by atoms with Gasteiger partial charge in [0.2, 0.25) is 0 Å². The molecule has 3 rings (SSSR count). The zero-order valence-corrected chi connectivity index (χ0v) is 13.3. The van der Waals surface area contributed by atoms with Gasteiger partial charge in [-0.1, -0.05) is 0 Å². The number of carbonyl (C=O) groups excluding carboxylic acids is 1. The van der Waals surface area contributed by atoms with Gasteiger partial charge in [-0.15, -0.1) is 0 Å². The molecule has 120 valence electrons. The van der Waals surface area contributed by atoms with Crippen molar-refractivity contribution in [3.8, 4) is 0 Å². The molecule has 1 N–H and O–H groups in total. The summed E-state index contributed by atoms with van der Waals surface area (Å²) in [5, 5.41) is 3.27. The van der Waals surface area contributed by atoms with Crippen molar-refractivity contribution in [1.29, 1.82) is 0 Å². The zero-order valence-electron chi connectivity index (χ0n) is 13.3. The van der Waals surface area contributed by atoms with Gasteiger partial charge in [-0.3, -0.25) is 9.59 Å². The molecule has 1 saturated heterocycles. The zero-order chi connectivity index (χ0) is 16.2. The molecule has 0 bridgehead atoms. The molecule has 5 heteroatoms. The Kier molecular flexibility index (Phi) is 4.46. The van der Waals surface area contributed by atoms with Gasteiger partial charge < -0.3 is 14.8 Å². The van der Waals surface area contributed by atoms with E-state index in [1.807, 2.05) is 35.2 Å². The molecule has 2 aromatic rings. The SMILES string of the molecule is Cn1ccc(CNc2ccc(C(=O)N3CCCC3)cc2)cc1=O. The third-order valence-corrected chi connectivity index (χ3v) is 4.19. The summed E-state index contributed by atoms with van der Waals surface area (Å²) in [4.78, 5) is 25.8. The first-order valence-electron chi connectivity index (χ1n) is 7.92. The monoisotopic (exact) mass is 311 g/mol. The molecule has 0 radical (unpaired) electrons. The molecule has 1 aromatic carbocycles. The van der Waals surface area contributed by atoms with Crippen LogP contribution in [-0.4, -0.2) is 28.5 Å². The van der Waals surface area contributed by atoms with Gasteiger partial charge in [-0.25, -0.2) is 0 Å². The Morgan fingerprint density at radius 1 is 1.13 bits per heavy atom. The second-order valence-corrected chi connectivity index (χ2v) is 5.91. The fourth-order valence-electron chi connectivity index (χ4n) is 2.74. The fourth-order valence-corrected chi connectivity index (χ4v) is 2.74. The van der Waals surface area contributed by atoms with Crippen molar-refractivity contribution in [2.45, 2.75) is 19.4 Å². The minimum atomic E-state index is -0.0177. The smallest absolute Gasteiger partial charge is 0.253 e. The van der Waals surface area contributed by atoms with Crippen molar-refractivity contribution in [3.63, 3.8) is 0 Å². The predicted octanol–water partition coefficient (Wildman–Crippen LogP) is 2.23. The molecule has 0 saturated carbocycles. The van der Waals surface area contributed by atoms with Gasteiger partial charge in [0.1, 0.15) is 0 Å². The summed E-state index contributed by atoms with van der Waals surface area (Å²) < 4.78 is 1.54. The third kappa shape index (κ3) is 3.62. The summed E-state index contributed by atoms with van der Waals surface area (Å²) in [6, 6.07) is 11.1. The Labute approximate surface area is 135 Å². The molecule has 1 amide bonds. The van der Waals surface area contributed by atoms with Crippen molar-refractivity contribution >= 4 is 11.6 Å². The van der Waals surface area contributed by atoms with Gasteiger partial charge >= 0.3 is 0 Å². The van der Waals surface area contributed by atoms with Crippen molar-refractivity contribution < 1.29 is 4.79 Å². The number of aryl methyl sites for hydroxylation is 1. The molecule has 1 aromatic heterocycles. The molecule has 2 heterocycles. The number of benzene rings is 1. The molecule has 1 aliphatic heterocycles. The Morgan fingerprint density at radius 3 is 2.48 bits per heavy atom. The lowest BCUT2D eigenvalue weighted by Gasteiger charge is -2.15. The number of likely N-dealkylation sites (tertiary alicyclic amines) is 1. The van der Waals surface area contributed by atoms with Crippen LogP contribution in [0.4, 0.5) is 5.69 Å². The molecule has 0 aliphatic carbocycles. The molecule has 1 fully saturated rings. The fraction of sp³-hybridized carbons (Fsp3) is 0.333. The standard InChI is InChI=1S/C18H21N3O2/c1-20-11-8-14(12-17(20)22)13-19-16-6-4-15(5-7-16)18(23)21-9-2-3-10-21/h4-8,11-12,19H,2-3,9-10,13H2,1H3. The number of pyridine rings is 1. The van der Waals surface area contributed by atoms with E-state index in [9.17, 15) is 9.59 Å². The van der Waals surface area contributed by atoms with Gasteiger partial charge in [0, 0.05) is 50.2 Å². The minimum absolute atomic E-state index is 0.0177. The largest absolute Gasteiger partial charge is 0.381 e. The highest BCUT2D eigenvalue weighted by atomic mass is 16.2. The molecular weight excluding hydrogens is 290 g/mol. The molecule has 0 atom stereocenters. The van der Waals surface area contributed by atoms with E-state index in [-0.39, 0.29) is 11.5 Å². The van der Waals surface area contributed by atoms with Crippen molar-refractivity contribution in [1.82, 2.24) is 9.47 Å². The van der Waals surface area contributed by atoms with Crippen LogP contribution in [0.25, 0.3) is 0 Å². The Balaban J connectivity index is 1.62. The number of anilines is 1. The quantitative estimate of drug-likeness (QED) is 0.942. The average Bonchev–Trinajstić information content (AvgIpc) is 3.10. The second kappa shape index (κ2) is 6.69. The summed E-state index contributed by atoms with van der Waals surface area (Å²) in [5.41, 5.74) is 2.58. The lowest BCUT2D eigenvalue weighted by molar-refractivity contribution is 0.0793. The first kappa shape index (κ1) is 15.3. The molecule has 23 heavy (non-hydrogen) atoms. The van der Waals surface area contributed by atoms with Crippen molar-refractivity contribution in [2.75, 3.05) is 18.4 Å². The number of nitrogens with zero attached hydrogens (tertiary/aromatic N) is 2. The maximum absolute atomic E-state index is 12.3. The maximum atomic E-state index is 12.3. The minimum Gasteiger partial charge on any atom is -0.381 e. The molecular formula is C18H21N3O2. The average molecular weight is 311 g/mol. The van der Waals surface area contributed by atoms with Gasteiger partial charge in [0.25, 0.3) is 11.5 Å². The third-order valence-electron chi connectivity index (χ3n) is 4.19. The number of nitrogens with one attached hydrogen (secondary N) is 1. The molecule has 0 spiro atoms. The predicted molar refractivity (Wildman–Crippen MR) is 90.6 cm³/mol. The van der Waals surface area contributed by atoms with Gasteiger partial charge in [-0.2, -0.15) is 0 Å². The van der Waals surface area contributed by atoms with Crippen LogP contribution in [0.5, 0.6) is 0 Å². The number of rotatable bonds is 4. The summed E-state index contributed by atoms with van der Waals surface area (Å²) in [6.45, 7) is 2.30. The number of aromatic nitrogens is 1. The highest BCUT2D eigenvalue weighted by Crippen LogP contribution is 2.15. The molecule has 5 nitrogen and oxygen atoms in total. The van der Waals surface area contributed by atoms with E-state index in [2.05, 4.69) is 5.32 Å².